The topological polar surface area (TPSA) is 88.3 Å². The minimum Gasteiger partial charge on any atom is -0.497 e. The highest BCUT2D eigenvalue weighted by molar-refractivity contribution is 6.07. The van der Waals surface area contributed by atoms with Gasteiger partial charge in [0, 0.05) is 48.1 Å². The first-order chi connectivity index (χ1) is 15.2. The number of hydrogen-bond donors (Lipinski definition) is 3. The Bertz CT molecular complexity index is 1200. The Hall–Kier alpha value is -3.84. The van der Waals surface area contributed by atoms with Gasteiger partial charge in [-0.1, -0.05) is 12.1 Å². The van der Waals surface area contributed by atoms with Crippen LogP contribution in [0.25, 0.3) is 22.2 Å². The van der Waals surface area contributed by atoms with Crippen molar-refractivity contribution in [2.75, 3.05) is 38.0 Å². The summed E-state index contributed by atoms with van der Waals surface area (Å²) in [5.74, 6) is 0.919. The molecule has 0 unspecified atom stereocenters. The monoisotopic (exact) mass is 416 g/mol. The van der Waals surface area contributed by atoms with Crippen molar-refractivity contribution in [3.63, 3.8) is 0 Å². The number of anilines is 2. The molecule has 31 heavy (non-hydrogen) atoms. The van der Waals surface area contributed by atoms with Gasteiger partial charge in [-0.15, -0.1) is 0 Å². The molecule has 2 aromatic heterocycles. The molecule has 2 aromatic carbocycles. The van der Waals surface area contributed by atoms with E-state index in [0.29, 0.717) is 36.0 Å². The summed E-state index contributed by atoms with van der Waals surface area (Å²) in [6.45, 7) is 1.03. The molecule has 7 heteroatoms. The minimum atomic E-state index is -0.256. The second-order valence-electron chi connectivity index (χ2n) is 6.98. The van der Waals surface area contributed by atoms with Gasteiger partial charge in [0.05, 0.1) is 25.0 Å². The number of benzene rings is 2. The zero-order chi connectivity index (χ0) is 21.6. The molecule has 2 heterocycles. The molecular formula is C24H24N4O3. The summed E-state index contributed by atoms with van der Waals surface area (Å²) in [5, 5.41) is 7.23. The van der Waals surface area contributed by atoms with Crippen molar-refractivity contribution in [2.45, 2.75) is 0 Å². The lowest BCUT2D eigenvalue weighted by Gasteiger charge is -2.13. The van der Waals surface area contributed by atoms with Crippen LogP contribution in [-0.4, -0.2) is 43.2 Å². The SMILES string of the molecule is COCCNc1nc(-c2ccc3[nH]ccc3c2)ccc1C(=O)Nc1cccc(OC)c1. The van der Waals surface area contributed by atoms with Crippen molar-refractivity contribution in [3.05, 3.63) is 72.4 Å². The number of pyridine rings is 1. The first-order valence-corrected chi connectivity index (χ1v) is 9.94. The van der Waals surface area contributed by atoms with Gasteiger partial charge in [-0.05, 0) is 42.5 Å². The molecule has 0 bridgehead atoms. The first-order valence-electron chi connectivity index (χ1n) is 9.94. The third kappa shape index (κ3) is 4.67. The van der Waals surface area contributed by atoms with Crippen LogP contribution in [0.1, 0.15) is 10.4 Å². The third-order valence-electron chi connectivity index (χ3n) is 4.92. The molecule has 0 fully saturated rings. The number of ether oxygens (including phenoxy) is 2. The third-order valence-corrected chi connectivity index (χ3v) is 4.92. The minimum absolute atomic E-state index is 0.256. The number of H-pyrrole nitrogens is 1. The van der Waals surface area contributed by atoms with Gasteiger partial charge < -0.3 is 25.1 Å². The molecular weight excluding hydrogens is 392 g/mol. The van der Waals surface area contributed by atoms with Crippen LogP contribution >= 0.6 is 0 Å². The number of carbonyl (C=O) groups excluding carboxylic acids is 1. The molecule has 1 amide bonds. The van der Waals surface area contributed by atoms with Gasteiger partial charge in [0.2, 0.25) is 0 Å². The lowest BCUT2D eigenvalue weighted by Crippen LogP contribution is -2.18. The number of methoxy groups -OCH3 is 2. The highest BCUT2D eigenvalue weighted by Crippen LogP contribution is 2.26. The van der Waals surface area contributed by atoms with Gasteiger partial charge in [-0.3, -0.25) is 4.79 Å². The van der Waals surface area contributed by atoms with Crippen molar-refractivity contribution in [1.29, 1.82) is 0 Å². The fraction of sp³-hybridized carbons (Fsp3) is 0.167. The van der Waals surface area contributed by atoms with E-state index in [4.69, 9.17) is 14.5 Å². The number of hydrogen-bond acceptors (Lipinski definition) is 5. The molecule has 0 aliphatic rings. The smallest absolute Gasteiger partial charge is 0.259 e. The number of nitrogens with zero attached hydrogens (tertiary/aromatic N) is 1. The van der Waals surface area contributed by atoms with Gasteiger partial charge in [-0.2, -0.15) is 0 Å². The number of fused-ring (bicyclic) bond motifs is 1. The van der Waals surface area contributed by atoms with E-state index in [1.807, 2.05) is 48.7 Å². The van der Waals surface area contributed by atoms with Crippen molar-refractivity contribution in [2.24, 2.45) is 0 Å². The summed E-state index contributed by atoms with van der Waals surface area (Å²) < 4.78 is 10.4. The van der Waals surface area contributed by atoms with Crippen LogP contribution < -0.4 is 15.4 Å². The van der Waals surface area contributed by atoms with Gasteiger partial charge in [-0.25, -0.2) is 4.98 Å². The van der Waals surface area contributed by atoms with Crippen LogP contribution in [0.2, 0.25) is 0 Å². The predicted molar refractivity (Wildman–Crippen MR) is 123 cm³/mol. The average molecular weight is 416 g/mol. The summed E-state index contributed by atoms with van der Waals surface area (Å²) in [6, 6.07) is 19.0. The fourth-order valence-corrected chi connectivity index (χ4v) is 3.32. The molecule has 0 radical (unpaired) electrons. The molecule has 7 nitrogen and oxygen atoms in total. The van der Waals surface area contributed by atoms with Crippen molar-refractivity contribution in [3.8, 4) is 17.0 Å². The lowest BCUT2D eigenvalue weighted by atomic mass is 10.1. The fourth-order valence-electron chi connectivity index (χ4n) is 3.32. The largest absolute Gasteiger partial charge is 0.497 e. The molecule has 0 saturated carbocycles. The predicted octanol–water partition coefficient (Wildman–Crippen LogP) is 4.55. The van der Waals surface area contributed by atoms with Gasteiger partial charge in [0.25, 0.3) is 5.91 Å². The summed E-state index contributed by atoms with van der Waals surface area (Å²) in [7, 11) is 3.22. The van der Waals surface area contributed by atoms with Crippen molar-refractivity contribution >= 4 is 28.3 Å². The lowest BCUT2D eigenvalue weighted by molar-refractivity contribution is 0.102. The molecule has 0 aliphatic carbocycles. The molecule has 0 saturated heterocycles. The van der Waals surface area contributed by atoms with Crippen LogP contribution in [0.15, 0.2) is 66.9 Å². The highest BCUT2D eigenvalue weighted by Gasteiger charge is 2.15. The first kappa shape index (κ1) is 20.4. The van der Waals surface area contributed by atoms with E-state index in [1.54, 1.807) is 26.4 Å². The van der Waals surface area contributed by atoms with Gasteiger partial charge in [0.1, 0.15) is 11.6 Å². The molecule has 3 N–H and O–H groups in total. The Morgan fingerprint density at radius 3 is 2.81 bits per heavy atom. The zero-order valence-corrected chi connectivity index (χ0v) is 17.4. The molecule has 0 atom stereocenters. The Morgan fingerprint density at radius 2 is 1.97 bits per heavy atom. The van der Waals surface area contributed by atoms with Crippen molar-refractivity contribution in [1.82, 2.24) is 9.97 Å². The maximum Gasteiger partial charge on any atom is 0.259 e. The number of amides is 1. The van der Waals surface area contributed by atoms with E-state index in [1.165, 1.54) is 0 Å². The van der Waals surface area contributed by atoms with E-state index in [9.17, 15) is 4.79 Å². The summed E-state index contributed by atoms with van der Waals surface area (Å²) >= 11 is 0. The molecule has 0 spiro atoms. The summed E-state index contributed by atoms with van der Waals surface area (Å²) in [5.41, 5.74) is 3.92. The number of carbonyl (C=O) groups is 1. The molecule has 4 aromatic rings. The summed E-state index contributed by atoms with van der Waals surface area (Å²) in [6.07, 6.45) is 1.91. The van der Waals surface area contributed by atoms with Crippen LogP contribution in [0.5, 0.6) is 5.75 Å². The second-order valence-corrected chi connectivity index (χ2v) is 6.98. The molecule has 158 valence electrons. The Morgan fingerprint density at radius 1 is 1.06 bits per heavy atom. The maximum atomic E-state index is 13.0. The maximum absolute atomic E-state index is 13.0. The van der Waals surface area contributed by atoms with E-state index in [-0.39, 0.29) is 5.91 Å². The van der Waals surface area contributed by atoms with E-state index in [2.05, 4.69) is 21.7 Å². The van der Waals surface area contributed by atoms with Crippen LogP contribution in [0.3, 0.4) is 0 Å². The Labute approximate surface area is 180 Å². The Kier molecular flexibility index (Phi) is 6.14. The van der Waals surface area contributed by atoms with Crippen LogP contribution in [0, 0.1) is 0 Å². The highest BCUT2D eigenvalue weighted by atomic mass is 16.5. The molecule has 0 aliphatic heterocycles. The van der Waals surface area contributed by atoms with Gasteiger partial charge in [0.15, 0.2) is 0 Å². The van der Waals surface area contributed by atoms with E-state index in [0.717, 1.165) is 22.2 Å². The number of aromatic nitrogens is 2. The van der Waals surface area contributed by atoms with E-state index >= 15 is 0 Å². The summed E-state index contributed by atoms with van der Waals surface area (Å²) in [4.78, 5) is 20.9. The normalized spacial score (nSPS) is 10.8. The standard InChI is InChI=1S/C24H24N4O3/c1-30-13-12-26-23-20(24(29)27-18-4-3-5-19(15-18)31-2)7-9-22(28-23)16-6-8-21-17(14-16)10-11-25-21/h3-11,14-15,25H,12-13H2,1-2H3,(H,26,28)(H,27,29). The number of aromatic amines is 1. The molecule has 4 rings (SSSR count). The second kappa shape index (κ2) is 9.32. The zero-order valence-electron chi connectivity index (χ0n) is 17.4. The van der Waals surface area contributed by atoms with Crippen LogP contribution in [0.4, 0.5) is 11.5 Å². The number of nitrogens with one attached hydrogen (secondary N) is 3. The van der Waals surface area contributed by atoms with E-state index < -0.39 is 0 Å². The van der Waals surface area contributed by atoms with Crippen LogP contribution in [-0.2, 0) is 4.74 Å². The quantitative estimate of drug-likeness (QED) is 0.367. The average Bonchev–Trinajstić information content (AvgIpc) is 3.27. The van der Waals surface area contributed by atoms with Gasteiger partial charge >= 0.3 is 0 Å². The Balaban J connectivity index is 1.64. The number of rotatable bonds is 8. The van der Waals surface area contributed by atoms with Crippen molar-refractivity contribution < 1.29 is 14.3 Å².